The maximum atomic E-state index is 12.2. The van der Waals surface area contributed by atoms with Gasteiger partial charge in [-0.3, -0.25) is 4.79 Å². The van der Waals surface area contributed by atoms with Gasteiger partial charge in [0.25, 0.3) is 0 Å². The molecule has 0 saturated carbocycles. The van der Waals surface area contributed by atoms with Gasteiger partial charge in [0.2, 0.25) is 15.9 Å². The molecule has 0 aliphatic rings. The number of nitrogens with two attached hydrogens (primary N) is 1. The Morgan fingerprint density at radius 3 is 2.35 bits per heavy atom. The van der Waals surface area contributed by atoms with E-state index in [0.29, 0.717) is 13.1 Å². The van der Waals surface area contributed by atoms with Crippen molar-refractivity contribution < 1.29 is 13.2 Å². The fourth-order valence-corrected chi connectivity index (χ4v) is 3.21. The minimum absolute atomic E-state index is 0.0146. The Morgan fingerprint density at radius 1 is 1.30 bits per heavy atom. The summed E-state index contributed by atoms with van der Waals surface area (Å²) in [4.78, 5) is 13.6. The molecule has 3 N–H and O–H groups in total. The number of benzene rings is 1. The van der Waals surface area contributed by atoms with Gasteiger partial charge in [-0.2, -0.15) is 4.72 Å². The molecule has 0 saturated heterocycles. The molecule has 0 bridgehead atoms. The molecule has 1 atom stereocenters. The summed E-state index contributed by atoms with van der Waals surface area (Å²) < 4.78 is 26.8. The van der Waals surface area contributed by atoms with Crippen LogP contribution in [0, 0.1) is 0 Å². The summed E-state index contributed by atoms with van der Waals surface area (Å²) in [6.07, 6.45) is 0. The molecule has 0 spiro atoms. The van der Waals surface area contributed by atoms with Gasteiger partial charge in [-0.05, 0) is 32.9 Å². The topological polar surface area (TPSA) is 92.5 Å². The van der Waals surface area contributed by atoms with E-state index >= 15 is 0 Å². The molecule has 7 heteroatoms. The highest BCUT2D eigenvalue weighted by Crippen LogP contribution is 2.17. The van der Waals surface area contributed by atoms with E-state index in [2.05, 4.69) is 4.72 Å². The smallest absolute Gasteiger partial charge is 0.243 e. The Bertz CT molecular complexity index is 568. The fourth-order valence-electron chi connectivity index (χ4n) is 1.88. The van der Waals surface area contributed by atoms with Gasteiger partial charge in [-0.1, -0.05) is 12.1 Å². The third-order valence-corrected chi connectivity index (χ3v) is 4.60. The van der Waals surface area contributed by atoms with Crippen molar-refractivity contribution in [1.82, 2.24) is 9.62 Å². The van der Waals surface area contributed by atoms with Crippen LogP contribution in [-0.4, -0.2) is 38.4 Å². The summed E-state index contributed by atoms with van der Waals surface area (Å²) in [5.74, 6) is -0.256. The summed E-state index contributed by atoms with van der Waals surface area (Å²) in [6, 6.07) is 5.32. The van der Waals surface area contributed by atoms with Crippen molar-refractivity contribution in [3.63, 3.8) is 0 Å². The number of nitrogen functional groups attached to an aromatic ring is 1. The van der Waals surface area contributed by atoms with Gasteiger partial charge in [0.05, 0.1) is 11.7 Å². The molecule has 0 aliphatic carbocycles. The number of sulfonamides is 1. The second-order valence-electron chi connectivity index (χ2n) is 4.39. The van der Waals surface area contributed by atoms with Crippen LogP contribution in [-0.2, 0) is 14.8 Å². The molecule has 1 unspecified atom stereocenters. The lowest BCUT2D eigenvalue weighted by molar-refractivity contribution is -0.132. The van der Waals surface area contributed by atoms with Crippen molar-refractivity contribution in [1.29, 1.82) is 0 Å². The maximum Gasteiger partial charge on any atom is 0.243 e. The fraction of sp³-hybridized carbons (Fsp3) is 0.462. The van der Waals surface area contributed by atoms with E-state index in [1.807, 2.05) is 13.8 Å². The van der Waals surface area contributed by atoms with Gasteiger partial charge in [0, 0.05) is 13.1 Å². The molecule has 112 valence electrons. The van der Waals surface area contributed by atoms with E-state index in [1.165, 1.54) is 19.1 Å². The molecule has 0 heterocycles. The summed E-state index contributed by atoms with van der Waals surface area (Å²) in [6.45, 7) is 6.29. The monoisotopic (exact) mass is 299 g/mol. The zero-order valence-electron chi connectivity index (χ0n) is 12.0. The molecule has 1 aromatic rings. The first-order valence-corrected chi connectivity index (χ1v) is 7.97. The lowest BCUT2D eigenvalue weighted by Gasteiger charge is -2.23. The van der Waals surface area contributed by atoms with E-state index in [0.717, 1.165) is 0 Å². The Kier molecular flexibility index (Phi) is 5.52. The van der Waals surface area contributed by atoms with Crippen LogP contribution in [0.2, 0.25) is 0 Å². The van der Waals surface area contributed by atoms with E-state index < -0.39 is 16.1 Å². The van der Waals surface area contributed by atoms with Crippen molar-refractivity contribution in [3.8, 4) is 0 Å². The minimum Gasteiger partial charge on any atom is -0.398 e. The zero-order chi connectivity index (χ0) is 15.3. The SMILES string of the molecule is CCN(CC)C(=O)C(C)NS(=O)(=O)c1ccccc1N. The highest BCUT2D eigenvalue weighted by atomic mass is 32.2. The van der Waals surface area contributed by atoms with Gasteiger partial charge in [-0.25, -0.2) is 8.42 Å². The molecule has 1 rings (SSSR count). The van der Waals surface area contributed by atoms with Crippen molar-refractivity contribution in [2.45, 2.75) is 31.7 Å². The molecule has 20 heavy (non-hydrogen) atoms. The van der Waals surface area contributed by atoms with Crippen LogP contribution in [0.1, 0.15) is 20.8 Å². The number of carbonyl (C=O) groups is 1. The molecule has 1 amide bonds. The predicted molar refractivity (Wildman–Crippen MR) is 78.6 cm³/mol. The van der Waals surface area contributed by atoms with Gasteiger partial charge in [0.15, 0.2) is 0 Å². The Morgan fingerprint density at radius 2 is 1.85 bits per heavy atom. The standard InChI is InChI=1S/C13H21N3O3S/c1-4-16(5-2)13(17)10(3)15-20(18,19)12-9-7-6-8-11(12)14/h6-10,15H,4-5,14H2,1-3H3. The van der Waals surface area contributed by atoms with Crippen molar-refractivity contribution in [2.24, 2.45) is 0 Å². The summed E-state index contributed by atoms with van der Waals surface area (Å²) in [7, 11) is -3.81. The first-order valence-electron chi connectivity index (χ1n) is 6.49. The molecular weight excluding hydrogens is 278 g/mol. The lowest BCUT2D eigenvalue weighted by atomic mass is 10.3. The van der Waals surface area contributed by atoms with Gasteiger partial charge < -0.3 is 10.6 Å². The van der Waals surface area contributed by atoms with Gasteiger partial charge in [0.1, 0.15) is 4.90 Å². The van der Waals surface area contributed by atoms with E-state index in [9.17, 15) is 13.2 Å². The first kappa shape index (κ1) is 16.5. The van der Waals surface area contributed by atoms with Crippen LogP contribution in [0.15, 0.2) is 29.2 Å². The number of anilines is 1. The van der Waals surface area contributed by atoms with Gasteiger partial charge >= 0.3 is 0 Å². The van der Waals surface area contributed by atoms with Crippen LogP contribution in [0.25, 0.3) is 0 Å². The number of nitrogens with zero attached hydrogens (tertiary/aromatic N) is 1. The third-order valence-electron chi connectivity index (χ3n) is 2.99. The van der Waals surface area contributed by atoms with Crippen molar-refractivity contribution >= 4 is 21.6 Å². The number of carbonyl (C=O) groups excluding carboxylic acids is 1. The summed E-state index contributed by atoms with van der Waals surface area (Å²) in [5, 5.41) is 0. The molecular formula is C13H21N3O3S. The zero-order valence-corrected chi connectivity index (χ0v) is 12.8. The minimum atomic E-state index is -3.81. The van der Waals surface area contributed by atoms with Crippen LogP contribution < -0.4 is 10.5 Å². The number of rotatable bonds is 6. The second kappa shape index (κ2) is 6.71. The molecule has 0 aromatic heterocycles. The van der Waals surface area contributed by atoms with Gasteiger partial charge in [-0.15, -0.1) is 0 Å². The van der Waals surface area contributed by atoms with E-state index in [-0.39, 0.29) is 16.5 Å². The Hall–Kier alpha value is -1.60. The van der Waals surface area contributed by atoms with Crippen molar-refractivity contribution in [2.75, 3.05) is 18.8 Å². The number of hydrogen-bond acceptors (Lipinski definition) is 4. The lowest BCUT2D eigenvalue weighted by Crippen LogP contribution is -2.46. The molecule has 1 aromatic carbocycles. The quantitative estimate of drug-likeness (QED) is 0.760. The average Bonchev–Trinajstić information content (AvgIpc) is 2.39. The molecule has 0 aliphatic heterocycles. The normalized spacial score (nSPS) is 12.9. The number of hydrogen-bond donors (Lipinski definition) is 2. The number of nitrogens with one attached hydrogen (secondary N) is 1. The highest BCUT2D eigenvalue weighted by molar-refractivity contribution is 7.89. The number of likely N-dealkylation sites (N-methyl/N-ethyl adjacent to an activating group) is 1. The van der Waals surface area contributed by atoms with Crippen LogP contribution in [0.4, 0.5) is 5.69 Å². The molecule has 0 radical (unpaired) electrons. The predicted octanol–water partition coefficient (Wildman–Crippen LogP) is 0.804. The van der Waals surface area contributed by atoms with E-state index in [1.54, 1.807) is 17.0 Å². The number of amides is 1. The highest BCUT2D eigenvalue weighted by Gasteiger charge is 2.25. The molecule has 6 nitrogen and oxygen atoms in total. The summed E-state index contributed by atoms with van der Waals surface area (Å²) >= 11 is 0. The largest absolute Gasteiger partial charge is 0.398 e. The Balaban J connectivity index is 2.92. The average molecular weight is 299 g/mol. The summed E-state index contributed by atoms with van der Waals surface area (Å²) in [5.41, 5.74) is 5.81. The third kappa shape index (κ3) is 3.71. The van der Waals surface area contributed by atoms with Crippen LogP contribution in [0.3, 0.4) is 0 Å². The number of para-hydroxylation sites is 1. The van der Waals surface area contributed by atoms with Crippen LogP contribution in [0.5, 0.6) is 0 Å². The van der Waals surface area contributed by atoms with E-state index in [4.69, 9.17) is 5.73 Å². The first-order chi connectivity index (χ1) is 9.33. The van der Waals surface area contributed by atoms with Crippen LogP contribution >= 0.6 is 0 Å². The second-order valence-corrected chi connectivity index (χ2v) is 6.07. The Labute approximate surface area is 120 Å². The molecule has 0 fully saturated rings. The maximum absolute atomic E-state index is 12.2. The van der Waals surface area contributed by atoms with Crippen molar-refractivity contribution in [3.05, 3.63) is 24.3 Å².